The van der Waals surface area contributed by atoms with Gasteiger partial charge in [-0.25, -0.2) is 0 Å². The van der Waals surface area contributed by atoms with Gasteiger partial charge in [-0.15, -0.1) is 0 Å². The van der Waals surface area contributed by atoms with E-state index in [1.54, 1.807) is 0 Å². The van der Waals surface area contributed by atoms with Gasteiger partial charge in [-0.3, -0.25) is 4.90 Å². The Morgan fingerprint density at radius 3 is 2.46 bits per heavy atom. The van der Waals surface area contributed by atoms with Gasteiger partial charge in [0, 0.05) is 13.1 Å². The lowest BCUT2D eigenvalue weighted by Gasteiger charge is -2.31. The number of likely N-dealkylation sites (tertiary alicyclic amines) is 1. The normalized spacial score (nSPS) is 33.9. The number of nitrogens with zero attached hydrogens (tertiary/aromatic N) is 1. The van der Waals surface area contributed by atoms with Crippen molar-refractivity contribution >= 4 is 0 Å². The van der Waals surface area contributed by atoms with Crippen molar-refractivity contribution in [1.29, 1.82) is 0 Å². The van der Waals surface area contributed by atoms with E-state index in [0.29, 0.717) is 12.2 Å². The van der Waals surface area contributed by atoms with Crippen molar-refractivity contribution in [3.05, 3.63) is 0 Å². The summed E-state index contributed by atoms with van der Waals surface area (Å²) in [6, 6.07) is 0. The summed E-state index contributed by atoms with van der Waals surface area (Å²) in [6.07, 6.45) is 6.03. The molecule has 0 aromatic rings. The lowest BCUT2D eigenvalue weighted by atomic mass is 10.2. The fourth-order valence-electron chi connectivity index (χ4n) is 2.36. The minimum atomic E-state index is 0.539. The highest BCUT2D eigenvalue weighted by molar-refractivity contribution is 4.84. The molecule has 2 unspecified atom stereocenters. The third-order valence-corrected chi connectivity index (χ3v) is 3.05. The molecule has 2 saturated heterocycles. The van der Waals surface area contributed by atoms with E-state index in [2.05, 4.69) is 4.90 Å². The Labute approximate surface area is 80.2 Å². The molecule has 13 heavy (non-hydrogen) atoms. The number of nitrogens with two attached hydrogens (primary N) is 1. The minimum absolute atomic E-state index is 0.539. The summed E-state index contributed by atoms with van der Waals surface area (Å²) >= 11 is 0. The lowest BCUT2D eigenvalue weighted by molar-refractivity contribution is -0.0384. The molecule has 3 heteroatoms. The summed E-state index contributed by atoms with van der Waals surface area (Å²) in [7, 11) is 0. The summed E-state index contributed by atoms with van der Waals surface area (Å²) in [6.45, 7) is 4.35. The van der Waals surface area contributed by atoms with E-state index in [9.17, 15) is 0 Å². The van der Waals surface area contributed by atoms with E-state index in [-0.39, 0.29) is 0 Å². The molecule has 3 nitrogen and oxygen atoms in total. The SMILES string of the molecule is NCCCCN1CC2CCC(C1)O2. The zero-order valence-electron chi connectivity index (χ0n) is 8.24. The third kappa shape index (κ3) is 2.42. The maximum Gasteiger partial charge on any atom is 0.0707 e. The maximum absolute atomic E-state index is 5.77. The molecule has 2 atom stereocenters. The molecular formula is C10H20N2O. The minimum Gasteiger partial charge on any atom is -0.372 e. The van der Waals surface area contributed by atoms with Gasteiger partial charge in [0.2, 0.25) is 0 Å². The fraction of sp³-hybridized carbons (Fsp3) is 1.00. The van der Waals surface area contributed by atoms with Gasteiger partial charge in [-0.2, -0.15) is 0 Å². The van der Waals surface area contributed by atoms with Gasteiger partial charge in [0.15, 0.2) is 0 Å². The number of hydrogen-bond donors (Lipinski definition) is 1. The van der Waals surface area contributed by atoms with Crippen molar-refractivity contribution in [2.75, 3.05) is 26.2 Å². The second-order valence-corrected chi connectivity index (χ2v) is 4.21. The Bertz CT molecular complexity index is 151. The van der Waals surface area contributed by atoms with Crippen LogP contribution < -0.4 is 5.73 Å². The van der Waals surface area contributed by atoms with E-state index in [4.69, 9.17) is 10.5 Å². The highest BCUT2D eigenvalue weighted by Crippen LogP contribution is 2.26. The van der Waals surface area contributed by atoms with Crippen LogP contribution in [-0.2, 0) is 4.74 Å². The van der Waals surface area contributed by atoms with Crippen molar-refractivity contribution in [3.8, 4) is 0 Å². The zero-order chi connectivity index (χ0) is 9.10. The van der Waals surface area contributed by atoms with Crippen molar-refractivity contribution in [1.82, 2.24) is 4.90 Å². The molecule has 2 bridgehead atoms. The molecule has 2 rings (SSSR count). The largest absolute Gasteiger partial charge is 0.372 e. The Morgan fingerprint density at radius 2 is 1.85 bits per heavy atom. The lowest BCUT2D eigenvalue weighted by Crippen LogP contribution is -2.42. The summed E-state index contributed by atoms with van der Waals surface area (Å²) in [4.78, 5) is 2.54. The van der Waals surface area contributed by atoms with E-state index in [1.165, 1.54) is 25.8 Å². The second kappa shape index (κ2) is 4.40. The molecular weight excluding hydrogens is 164 g/mol. The molecule has 0 saturated carbocycles. The highest BCUT2D eigenvalue weighted by atomic mass is 16.5. The first-order chi connectivity index (χ1) is 6.38. The molecule has 2 fully saturated rings. The molecule has 0 amide bonds. The number of morpholine rings is 1. The van der Waals surface area contributed by atoms with Gasteiger partial charge >= 0.3 is 0 Å². The van der Waals surface area contributed by atoms with Crippen molar-refractivity contribution in [2.24, 2.45) is 5.73 Å². The van der Waals surface area contributed by atoms with E-state index >= 15 is 0 Å². The molecule has 2 heterocycles. The standard InChI is InChI=1S/C10H20N2O/c11-5-1-2-6-12-7-9-3-4-10(8-12)13-9/h9-10H,1-8,11H2. The predicted molar refractivity (Wildman–Crippen MR) is 52.6 cm³/mol. The van der Waals surface area contributed by atoms with E-state index < -0.39 is 0 Å². The van der Waals surface area contributed by atoms with Crippen LogP contribution in [-0.4, -0.2) is 43.3 Å². The molecule has 0 aromatic carbocycles. The predicted octanol–water partition coefficient (Wildman–Crippen LogP) is 0.589. The van der Waals surface area contributed by atoms with Crippen LogP contribution >= 0.6 is 0 Å². The Kier molecular flexibility index (Phi) is 3.19. The first-order valence-electron chi connectivity index (χ1n) is 5.46. The van der Waals surface area contributed by atoms with Crippen molar-refractivity contribution in [2.45, 2.75) is 37.9 Å². The molecule has 0 aliphatic carbocycles. The first kappa shape index (κ1) is 9.44. The number of fused-ring (bicyclic) bond motifs is 2. The Hall–Kier alpha value is -0.120. The van der Waals surface area contributed by atoms with Crippen LogP contribution in [0.15, 0.2) is 0 Å². The third-order valence-electron chi connectivity index (χ3n) is 3.05. The quantitative estimate of drug-likeness (QED) is 0.650. The fourth-order valence-corrected chi connectivity index (χ4v) is 2.36. The van der Waals surface area contributed by atoms with Crippen LogP contribution in [0.25, 0.3) is 0 Å². The molecule has 2 N–H and O–H groups in total. The topological polar surface area (TPSA) is 38.5 Å². The van der Waals surface area contributed by atoms with Gasteiger partial charge in [0.05, 0.1) is 12.2 Å². The van der Waals surface area contributed by atoms with Crippen LogP contribution in [0.2, 0.25) is 0 Å². The van der Waals surface area contributed by atoms with Gasteiger partial charge in [0.1, 0.15) is 0 Å². The van der Waals surface area contributed by atoms with Gasteiger partial charge in [0.25, 0.3) is 0 Å². The second-order valence-electron chi connectivity index (χ2n) is 4.21. The van der Waals surface area contributed by atoms with Gasteiger partial charge in [-0.1, -0.05) is 0 Å². The zero-order valence-corrected chi connectivity index (χ0v) is 8.24. The van der Waals surface area contributed by atoms with E-state index in [0.717, 1.165) is 26.1 Å². The molecule has 0 spiro atoms. The molecule has 2 aliphatic rings. The summed E-state index contributed by atoms with van der Waals surface area (Å²) in [5.74, 6) is 0. The molecule has 0 radical (unpaired) electrons. The first-order valence-corrected chi connectivity index (χ1v) is 5.46. The molecule has 0 aromatic heterocycles. The summed E-state index contributed by atoms with van der Waals surface area (Å²) in [5.41, 5.74) is 5.47. The average Bonchev–Trinajstić information content (AvgIpc) is 2.46. The van der Waals surface area contributed by atoms with Crippen LogP contribution in [0.1, 0.15) is 25.7 Å². The summed E-state index contributed by atoms with van der Waals surface area (Å²) < 4.78 is 5.77. The number of ether oxygens (including phenoxy) is 1. The number of rotatable bonds is 4. The van der Waals surface area contributed by atoms with Crippen molar-refractivity contribution in [3.63, 3.8) is 0 Å². The number of unbranched alkanes of at least 4 members (excludes halogenated alkanes) is 1. The van der Waals surface area contributed by atoms with E-state index in [1.807, 2.05) is 0 Å². The monoisotopic (exact) mass is 184 g/mol. The number of hydrogen-bond acceptors (Lipinski definition) is 3. The van der Waals surface area contributed by atoms with Gasteiger partial charge < -0.3 is 10.5 Å². The highest BCUT2D eigenvalue weighted by Gasteiger charge is 2.32. The Morgan fingerprint density at radius 1 is 1.15 bits per heavy atom. The van der Waals surface area contributed by atoms with Crippen molar-refractivity contribution < 1.29 is 4.74 Å². The summed E-state index contributed by atoms with van der Waals surface area (Å²) in [5, 5.41) is 0. The molecule has 76 valence electrons. The van der Waals surface area contributed by atoms with Crippen LogP contribution in [0, 0.1) is 0 Å². The average molecular weight is 184 g/mol. The smallest absolute Gasteiger partial charge is 0.0707 e. The molecule has 2 aliphatic heterocycles. The Balaban J connectivity index is 1.69. The van der Waals surface area contributed by atoms with Crippen LogP contribution in [0.5, 0.6) is 0 Å². The van der Waals surface area contributed by atoms with Crippen LogP contribution in [0.3, 0.4) is 0 Å². The van der Waals surface area contributed by atoms with Crippen LogP contribution in [0.4, 0.5) is 0 Å². The van der Waals surface area contributed by atoms with Gasteiger partial charge in [-0.05, 0) is 38.8 Å². The maximum atomic E-state index is 5.77.